The van der Waals surface area contributed by atoms with E-state index in [0.717, 1.165) is 70.8 Å². The minimum absolute atomic E-state index is 0.153. The highest BCUT2D eigenvalue weighted by atomic mass is 16.6. The van der Waals surface area contributed by atoms with Crippen molar-refractivity contribution in [3.63, 3.8) is 0 Å². The van der Waals surface area contributed by atoms with Gasteiger partial charge in [0, 0.05) is 32.4 Å². The van der Waals surface area contributed by atoms with Crippen LogP contribution in [-0.2, 0) is 19.1 Å². The number of likely N-dealkylation sites (N-methyl/N-ethyl adjacent to an activating group) is 1. The van der Waals surface area contributed by atoms with E-state index >= 15 is 0 Å². The number of nitrogens with zero attached hydrogens (tertiary/aromatic N) is 1. The molecule has 1 rings (SSSR count). The van der Waals surface area contributed by atoms with E-state index in [0.29, 0.717) is 25.8 Å². The Morgan fingerprint density at radius 2 is 0.915 bits per heavy atom. The van der Waals surface area contributed by atoms with Crippen LogP contribution in [0.2, 0.25) is 0 Å². The molecule has 5 nitrogen and oxygen atoms in total. The molecule has 0 radical (unpaired) electrons. The van der Waals surface area contributed by atoms with E-state index in [4.69, 9.17) is 9.47 Å². The van der Waals surface area contributed by atoms with Crippen molar-refractivity contribution in [1.82, 2.24) is 4.90 Å². The summed E-state index contributed by atoms with van der Waals surface area (Å²) in [6.45, 7) is 5.96. The van der Waals surface area contributed by atoms with E-state index in [2.05, 4.69) is 67.4 Å². The van der Waals surface area contributed by atoms with Crippen molar-refractivity contribution < 1.29 is 19.1 Å². The molecule has 0 bridgehead atoms. The first-order valence-corrected chi connectivity index (χ1v) is 19.7. The third kappa shape index (κ3) is 27.5. The highest BCUT2D eigenvalue weighted by molar-refractivity contribution is 5.70. The van der Waals surface area contributed by atoms with Crippen molar-refractivity contribution in [2.75, 3.05) is 20.1 Å². The fraction of sp³-hybridized carbons (Fsp3) is 0.762. The van der Waals surface area contributed by atoms with Crippen LogP contribution in [0.3, 0.4) is 0 Å². The molecule has 1 saturated heterocycles. The first-order valence-electron chi connectivity index (χ1n) is 19.7. The molecular weight excluding hydrogens is 582 g/mol. The van der Waals surface area contributed by atoms with Crippen LogP contribution in [0, 0.1) is 0 Å². The Balaban J connectivity index is 2.09. The van der Waals surface area contributed by atoms with E-state index in [-0.39, 0.29) is 24.1 Å². The highest BCUT2D eigenvalue weighted by Gasteiger charge is 2.33. The lowest BCUT2D eigenvalue weighted by molar-refractivity contribution is -0.174. The fourth-order valence-electron chi connectivity index (χ4n) is 5.91. The van der Waals surface area contributed by atoms with Gasteiger partial charge in [-0.05, 0) is 84.1 Å². The summed E-state index contributed by atoms with van der Waals surface area (Å²) in [5.74, 6) is -0.314. The molecule has 1 heterocycles. The van der Waals surface area contributed by atoms with Crippen molar-refractivity contribution in [2.24, 2.45) is 0 Å². The largest absolute Gasteiger partial charge is 0.458 e. The average Bonchev–Trinajstić information content (AvgIpc) is 3.06. The van der Waals surface area contributed by atoms with Gasteiger partial charge in [-0.15, -0.1) is 0 Å². The molecule has 270 valence electrons. The summed E-state index contributed by atoms with van der Waals surface area (Å²) in [6.07, 6.45) is 44.8. The second kappa shape index (κ2) is 32.4. The summed E-state index contributed by atoms with van der Waals surface area (Å²) in [5.41, 5.74) is 0. The zero-order chi connectivity index (χ0) is 34.0. The molecule has 1 unspecified atom stereocenters. The molecule has 0 aromatic carbocycles. The normalized spacial score (nSPS) is 17.5. The monoisotopic (exact) mass is 656 g/mol. The van der Waals surface area contributed by atoms with Gasteiger partial charge in [0.2, 0.25) is 0 Å². The van der Waals surface area contributed by atoms with Gasteiger partial charge in [-0.25, -0.2) is 0 Å². The Morgan fingerprint density at radius 1 is 0.532 bits per heavy atom. The predicted octanol–water partition coefficient (Wildman–Crippen LogP) is 11.8. The summed E-state index contributed by atoms with van der Waals surface area (Å²) in [4.78, 5) is 27.4. The van der Waals surface area contributed by atoms with Crippen molar-refractivity contribution in [3.05, 3.63) is 48.6 Å². The summed E-state index contributed by atoms with van der Waals surface area (Å²) in [7, 11) is 2.03. The first kappa shape index (κ1) is 42.9. The van der Waals surface area contributed by atoms with Crippen LogP contribution in [0.4, 0.5) is 0 Å². The number of hydrogen-bond donors (Lipinski definition) is 0. The van der Waals surface area contributed by atoms with E-state index in [9.17, 15) is 9.59 Å². The molecule has 0 N–H and O–H groups in total. The number of esters is 2. The molecule has 2 atom stereocenters. The van der Waals surface area contributed by atoms with Crippen LogP contribution in [0.1, 0.15) is 174 Å². The number of hydrogen-bond acceptors (Lipinski definition) is 5. The lowest BCUT2D eigenvalue weighted by Gasteiger charge is -2.35. The third-order valence-corrected chi connectivity index (χ3v) is 8.93. The van der Waals surface area contributed by atoms with Crippen LogP contribution in [-0.4, -0.2) is 49.2 Å². The van der Waals surface area contributed by atoms with E-state index in [1.54, 1.807) is 0 Å². The van der Waals surface area contributed by atoms with Gasteiger partial charge in [-0.1, -0.05) is 127 Å². The van der Waals surface area contributed by atoms with E-state index in [1.165, 1.54) is 77.0 Å². The zero-order valence-electron chi connectivity index (χ0n) is 30.9. The number of likely N-dealkylation sites (tertiary alicyclic amines) is 1. The fourth-order valence-corrected chi connectivity index (χ4v) is 5.91. The van der Waals surface area contributed by atoms with Crippen LogP contribution < -0.4 is 0 Å². The van der Waals surface area contributed by atoms with E-state index < -0.39 is 0 Å². The van der Waals surface area contributed by atoms with Gasteiger partial charge in [-0.3, -0.25) is 9.59 Å². The predicted molar refractivity (Wildman–Crippen MR) is 201 cm³/mol. The second-order valence-electron chi connectivity index (χ2n) is 13.6. The zero-order valence-corrected chi connectivity index (χ0v) is 30.9. The lowest BCUT2D eigenvalue weighted by Crippen LogP contribution is -2.49. The minimum atomic E-state index is -0.368. The number of carbonyl (C=O) groups excluding carboxylic acids is 2. The molecular formula is C42H73NO4. The van der Waals surface area contributed by atoms with Gasteiger partial charge < -0.3 is 14.4 Å². The lowest BCUT2D eigenvalue weighted by atomic mass is 10.0. The first-order chi connectivity index (χ1) is 23.1. The Bertz CT molecular complexity index is 861. The molecule has 0 aromatic rings. The van der Waals surface area contributed by atoms with Crippen molar-refractivity contribution >= 4 is 11.9 Å². The quantitative estimate of drug-likeness (QED) is 0.0438. The number of unbranched alkanes of at least 4 members (excludes halogenated alkanes) is 16. The maximum Gasteiger partial charge on any atom is 0.306 e. The van der Waals surface area contributed by atoms with Gasteiger partial charge >= 0.3 is 11.9 Å². The number of allylic oxidation sites excluding steroid dienone is 8. The maximum absolute atomic E-state index is 12.6. The molecule has 0 aliphatic carbocycles. The van der Waals surface area contributed by atoms with Gasteiger partial charge in [0.25, 0.3) is 0 Å². The van der Waals surface area contributed by atoms with Crippen LogP contribution in [0.15, 0.2) is 48.6 Å². The summed E-state index contributed by atoms with van der Waals surface area (Å²) in [6, 6.07) is 0. The van der Waals surface area contributed by atoms with E-state index in [1.807, 2.05) is 7.05 Å². The van der Waals surface area contributed by atoms with Crippen LogP contribution in [0.25, 0.3) is 0 Å². The summed E-state index contributed by atoms with van der Waals surface area (Å²) >= 11 is 0. The molecule has 0 amide bonds. The smallest absolute Gasteiger partial charge is 0.306 e. The van der Waals surface area contributed by atoms with Crippen molar-refractivity contribution in [2.45, 2.75) is 187 Å². The Labute approximate surface area is 290 Å². The minimum Gasteiger partial charge on any atom is -0.458 e. The highest BCUT2D eigenvalue weighted by Crippen LogP contribution is 2.19. The van der Waals surface area contributed by atoms with Gasteiger partial charge in [0.1, 0.15) is 6.10 Å². The van der Waals surface area contributed by atoms with Gasteiger partial charge in [-0.2, -0.15) is 0 Å². The standard InChI is InChI=1S/C42H73NO4/c1-4-6-8-10-12-14-16-18-20-22-24-26-28-30-32-34-41(44)46-39-36-37-43(3)38-40(39)47-42(45)35-33-31-29-27-25-23-21-19-17-15-13-11-9-7-5-2/h12-15,18-21,39-40H,4-11,16-17,22-38H2,1-3H3/b14-12-,15-13-,20-18-,21-19-/t39-,40?/m1/s1. The van der Waals surface area contributed by atoms with Crippen LogP contribution >= 0.6 is 0 Å². The molecule has 0 aromatic heterocycles. The molecule has 0 spiro atoms. The molecule has 1 aliphatic rings. The molecule has 47 heavy (non-hydrogen) atoms. The maximum atomic E-state index is 12.6. The topological polar surface area (TPSA) is 55.8 Å². The van der Waals surface area contributed by atoms with Crippen LogP contribution in [0.5, 0.6) is 0 Å². The second-order valence-corrected chi connectivity index (χ2v) is 13.6. The van der Waals surface area contributed by atoms with Crippen molar-refractivity contribution in [1.29, 1.82) is 0 Å². The molecule has 1 fully saturated rings. The molecule has 1 aliphatic heterocycles. The number of carbonyl (C=O) groups is 2. The number of piperidine rings is 1. The average molecular weight is 656 g/mol. The Morgan fingerprint density at radius 3 is 1.36 bits per heavy atom. The third-order valence-electron chi connectivity index (χ3n) is 8.93. The number of ether oxygens (including phenoxy) is 2. The Kier molecular flexibility index (Phi) is 29.6. The molecule has 0 saturated carbocycles. The number of rotatable bonds is 30. The Hall–Kier alpha value is -2.14. The van der Waals surface area contributed by atoms with Gasteiger partial charge in [0.05, 0.1) is 0 Å². The molecule has 5 heteroatoms. The summed E-state index contributed by atoms with van der Waals surface area (Å²) < 4.78 is 11.7. The van der Waals surface area contributed by atoms with Gasteiger partial charge in [0.15, 0.2) is 6.10 Å². The SMILES string of the molecule is CCCCC/C=C\C/C=C\CCCCCCCC(=O)OC1CN(C)CC[C@H]1OC(=O)CCCCCCC/C=C\C/C=C\CCCCC. The van der Waals surface area contributed by atoms with Crippen molar-refractivity contribution in [3.8, 4) is 0 Å². The summed E-state index contributed by atoms with van der Waals surface area (Å²) in [5, 5.41) is 0.